The fraction of sp³-hybridized carbons (Fsp3) is 0.167. The Morgan fingerprint density at radius 3 is 1.72 bits per heavy atom. The van der Waals surface area contributed by atoms with Gasteiger partial charge in [0.05, 0.1) is 0 Å². The first-order valence-electron chi connectivity index (χ1n) is 9.52. The summed E-state index contributed by atoms with van der Waals surface area (Å²) in [5.41, 5.74) is 2.47. The van der Waals surface area contributed by atoms with Crippen LogP contribution in [-0.2, 0) is 9.59 Å². The van der Waals surface area contributed by atoms with Crippen LogP contribution in [0.25, 0.3) is 0 Å². The van der Waals surface area contributed by atoms with E-state index in [1.54, 1.807) is 24.3 Å². The third-order valence-corrected chi connectivity index (χ3v) is 4.30. The molecular weight excluding hydrogens is 364 g/mol. The lowest BCUT2D eigenvalue weighted by Crippen LogP contribution is -2.21. The number of para-hydroxylation sites is 1. The summed E-state index contributed by atoms with van der Waals surface area (Å²) in [7, 11) is 0. The van der Waals surface area contributed by atoms with E-state index in [-0.39, 0.29) is 18.2 Å². The molecule has 0 aliphatic carbocycles. The van der Waals surface area contributed by atoms with Crippen molar-refractivity contribution < 1.29 is 14.3 Å². The van der Waals surface area contributed by atoms with E-state index in [4.69, 9.17) is 4.74 Å². The molecule has 3 aromatic rings. The number of ether oxygens (including phenoxy) is 1. The zero-order chi connectivity index (χ0) is 20.6. The molecule has 5 nitrogen and oxygen atoms in total. The molecule has 0 unspecified atom stereocenters. The second kappa shape index (κ2) is 9.55. The summed E-state index contributed by atoms with van der Waals surface area (Å²) in [6, 6.07) is 24.1. The standard InChI is InChI=1S/C24H24N2O3/c1-17(2)18-8-10-19(11-9-18)25-23(27)16-24(28)26-20-12-14-22(15-13-20)29-21-6-4-3-5-7-21/h3-15,17H,16H2,1-2H3,(H,25,27)(H,26,28). The predicted molar refractivity (Wildman–Crippen MR) is 115 cm³/mol. The molecule has 0 heterocycles. The number of hydrogen-bond donors (Lipinski definition) is 2. The first-order valence-corrected chi connectivity index (χ1v) is 9.52. The lowest BCUT2D eigenvalue weighted by Gasteiger charge is -2.09. The molecule has 0 radical (unpaired) electrons. The van der Waals surface area contributed by atoms with Crippen LogP contribution in [0.3, 0.4) is 0 Å². The Morgan fingerprint density at radius 1 is 0.724 bits per heavy atom. The van der Waals surface area contributed by atoms with Gasteiger partial charge in [0.1, 0.15) is 17.9 Å². The molecule has 0 saturated carbocycles. The second-order valence-electron chi connectivity index (χ2n) is 6.99. The minimum Gasteiger partial charge on any atom is -0.457 e. The summed E-state index contributed by atoms with van der Waals surface area (Å²) in [6.07, 6.45) is -0.256. The van der Waals surface area contributed by atoms with Gasteiger partial charge in [0.15, 0.2) is 0 Å². The highest BCUT2D eigenvalue weighted by Crippen LogP contribution is 2.22. The minimum atomic E-state index is -0.377. The van der Waals surface area contributed by atoms with Crippen molar-refractivity contribution in [2.45, 2.75) is 26.2 Å². The summed E-state index contributed by atoms with van der Waals surface area (Å²) in [4.78, 5) is 24.2. The van der Waals surface area contributed by atoms with E-state index in [1.165, 1.54) is 5.56 Å². The van der Waals surface area contributed by atoms with Crippen LogP contribution in [0.2, 0.25) is 0 Å². The molecular formula is C24H24N2O3. The van der Waals surface area contributed by atoms with E-state index in [0.717, 1.165) is 5.75 Å². The van der Waals surface area contributed by atoms with Gasteiger partial charge < -0.3 is 15.4 Å². The van der Waals surface area contributed by atoms with Gasteiger partial charge in [0.25, 0.3) is 0 Å². The van der Waals surface area contributed by atoms with Crippen molar-refractivity contribution in [2.24, 2.45) is 0 Å². The van der Waals surface area contributed by atoms with Gasteiger partial charge >= 0.3 is 0 Å². The maximum Gasteiger partial charge on any atom is 0.233 e. The molecule has 29 heavy (non-hydrogen) atoms. The van der Waals surface area contributed by atoms with Crippen molar-refractivity contribution in [3.63, 3.8) is 0 Å². The molecule has 0 atom stereocenters. The molecule has 0 fully saturated rings. The van der Waals surface area contributed by atoms with Gasteiger partial charge in [-0.05, 0) is 60.0 Å². The highest BCUT2D eigenvalue weighted by molar-refractivity contribution is 6.08. The van der Waals surface area contributed by atoms with Gasteiger partial charge in [-0.1, -0.05) is 44.2 Å². The van der Waals surface area contributed by atoms with Crippen LogP contribution in [0, 0.1) is 0 Å². The van der Waals surface area contributed by atoms with Crippen LogP contribution in [0.5, 0.6) is 11.5 Å². The highest BCUT2D eigenvalue weighted by Gasteiger charge is 2.10. The average Bonchev–Trinajstić information content (AvgIpc) is 2.70. The van der Waals surface area contributed by atoms with Crippen molar-refractivity contribution in [2.75, 3.05) is 10.6 Å². The van der Waals surface area contributed by atoms with E-state index in [0.29, 0.717) is 23.0 Å². The first kappa shape index (κ1) is 20.1. The van der Waals surface area contributed by atoms with Gasteiger partial charge in [-0.15, -0.1) is 0 Å². The molecule has 0 aliphatic rings. The monoisotopic (exact) mass is 388 g/mol. The largest absolute Gasteiger partial charge is 0.457 e. The van der Waals surface area contributed by atoms with Gasteiger partial charge in [-0.3, -0.25) is 9.59 Å². The molecule has 148 valence electrons. The third-order valence-electron chi connectivity index (χ3n) is 4.30. The van der Waals surface area contributed by atoms with Crippen molar-refractivity contribution in [1.82, 2.24) is 0 Å². The Kier molecular flexibility index (Phi) is 6.63. The van der Waals surface area contributed by atoms with E-state index >= 15 is 0 Å². The van der Waals surface area contributed by atoms with Crippen molar-refractivity contribution in [3.8, 4) is 11.5 Å². The topological polar surface area (TPSA) is 67.4 Å². The number of hydrogen-bond acceptors (Lipinski definition) is 3. The van der Waals surface area contributed by atoms with Crippen LogP contribution in [0.4, 0.5) is 11.4 Å². The Balaban J connectivity index is 1.49. The average molecular weight is 388 g/mol. The number of nitrogens with one attached hydrogen (secondary N) is 2. The highest BCUT2D eigenvalue weighted by atomic mass is 16.5. The van der Waals surface area contributed by atoms with Gasteiger partial charge in [0.2, 0.25) is 11.8 Å². The number of anilines is 2. The zero-order valence-corrected chi connectivity index (χ0v) is 16.5. The molecule has 0 aliphatic heterocycles. The molecule has 2 N–H and O–H groups in total. The van der Waals surface area contributed by atoms with Crippen molar-refractivity contribution >= 4 is 23.2 Å². The summed E-state index contributed by atoms with van der Waals surface area (Å²) < 4.78 is 5.72. The Bertz CT molecular complexity index is 950. The zero-order valence-electron chi connectivity index (χ0n) is 16.5. The van der Waals surface area contributed by atoms with Gasteiger partial charge in [-0.25, -0.2) is 0 Å². The Labute approximate surface area is 170 Å². The van der Waals surface area contributed by atoms with Crippen molar-refractivity contribution in [1.29, 1.82) is 0 Å². The quantitative estimate of drug-likeness (QED) is 0.520. The number of carbonyl (C=O) groups excluding carboxylic acids is 2. The SMILES string of the molecule is CC(C)c1ccc(NC(=O)CC(=O)Nc2ccc(Oc3ccccc3)cc2)cc1. The van der Waals surface area contributed by atoms with Gasteiger partial charge in [-0.2, -0.15) is 0 Å². The Hall–Kier alpha value is -3.60. The summed E-state index contributed by atoms with van der Waals surface area (Å²) in [5, 5.41) is 5.46. The number of benzene rings is 3. The number of amides is 2. The fourth-order valence-corrected chi connectivity index (χ4v) is 2.74. The summed E-state index contributed by atoms with van der Waals surface area (Å²) in [6.45, 7) is 4.22. The molecule has 3 rings (SSSR count). The van der Waals surface area contributed by atoms with E-state index in [9.17, 15) is 9.59 Å². The smallest absolute Gasteiger partial charge is 0.233 e. The molecule has 0 aromatic heterocycles. The van der Waals surface area contributed by atoms with E-state index in [1.807, 2.05) is 54.6 Å². The normalized spacial score (nSPS) is 10.4. The third kappa shape index (κ3) is 6.21. The molecule has 0 spiro atoms. The van der Waals surface area contributed by atoms with E-state index in [2.05, 4.69) is 24.5 Å². The lowest BCUT2D eigenvalue weighted by atomic mass is 10.0. The summed E-state index contributed by atoms with van der Waals surface area (Å²) >= 11 is 0. The molecule has 0 saturated heterocycles. The van der Waals surface area contributed by atoms with Crippen LogP contribution in [0.1, 0.15) is 31.7 Å². The second-order valence-corrected chi connectivity index (χ2v) is 6.99. The maximum atomic E-state index is 12.1. The molecule has 0 bridgehead atoms. The van der Waals surface area contributed by atoms with Crippen LogP contribution >= 0.6 is 0 Å². The molecule has 2 amide bonds. The van der Waals surface area contributed by atoms with Crippen LogP contribution in [0.15, 0.2) is 78.9 Å². The maximum absolute atomic E-state index is 12.1. The molecule has 3 aromatic carbocycles. The minimum absolute atomic E-state index is 0.256. The van der Waals surface area contributed by atoms with Crippen molar-refractivity contribution in [3.05, 3.63) is 84.4 Å². The number of carbonyl (C=O) groups is 2. The predicted octanol–water partition coefficient (Wildman–Crippen LogP) is 5.57. The summed E-state index contributed by atoms with van der Waals surface area (Å²) in [5.74, 6) is 1.09. The first-order chi connectivity index (χ1) is 14.0. The molecule has 5 heteroatoms. The number of rotatable bonds is 7. The Morgan fingerprint density at radius 2 is 1.21 bits per heavy atom. The lowest BCUT2D eigenvalue weighted by molar-refractivity contribution is -0.123. The van der Waals surface area contributed by atoms with Crippen LogP contribution < -0.4 is 15.4 Å². The van der Waals surface area contributed by atoms with Gasteiger partial charge in [0, 0.05) is 11.4 Å². The fourth-order valence-electron chi connectivity index (χ4n) is 2.74. The van der Waals surface area contributed by atoms with Crippen LogP contribution in [-0.4, -0.2) is 11.8 Å². The van der Waals surface area contributed by atoms with E-state index < -0.39 is 0 Å².